The van der Waals surface area contributed by atoms with E-state index in [0.717, 1.165) is 11.1 Å². The Morgan fingerprint density at radius 3 is 2.38 bits per heavy atom. The van der Waals surface area contributed by atoms with Gasteiger partial charge in [-0.05, 0) is 17.7 Å². The van der Waals surface area contributed by atoms with Crippen LogP contribution in [0, 0.1) is 0 Å². The molecule has 0 aliphatic rings. The minimum atomic E-state index is 0. The van der Waals surface area contributed by atoms with E-state index >= 15 is 0 Å². The van der Waals surface area contributed by atoms with Crippen LogP contribution in [0.3, 0.4) is 0 Å². The number of nitrogens with zero attached hydrogens (tertiary/aromatic N) is 2. The van der Waals surface area contributed by atoms with Gasteiger partial charge in [0.2, 0.25) is 0 Å². The molecule has 0 saturated carbocycles. The zero-order chi connectivity index (χ0) is 10.7. The van der Waals surface area contributed by atoms with Crippen molar-refractivity contribution < 1.29 is 5.11 Å². The maximum Gasteiger partial charge on any atom is 0.141 e. The van der Waals surface area contributed by atoms with E-state index in [0.29, 0.717) is 12.4 Å². The van der Waals surface area contributed by atoms with Crippen molar-refractivity contribution in [1.82, 2.24) is 9.97 Å². The van der Waals surface area contributed by atoms with Gasteiger partial charge in [0.1, 0.15) is 11.6 Å². The van der Waals surface area contributed by atoms with Gasteiger partial charge in [-0.3, -0.25) is 0 Å². The van der Waals surface area contributed by atoms with Crippen LogP contribution >= 0.6 is 12.4 Å². The van der Waals surface area contributed by atoms with Gasteiger partial charge >= 0.3 is 0 Å². The van der Waals surface area contributed by atoms with Crippen molar-refractivity contribution in [1.29, 1.82) is 0 Å². The molecule has 0 atom stereocenters. The summed E-state index contributed by atoms with van der Waals surface area (Å²) >= 11 is 0. The molecule has 0 saturated heterocycles. The van der Waals surface area contributed by atoms with Crippen molar-refractivity contribution in [2.75, 3.05) is 0 Å². The molecule has 0 aliphatic heterocycles. The number of halogens is 1. The van der Waals surface area contributed by atoms with Crippen LogP contribution in [0.25, 0.3) is 11.1 Å². The quantitative estimate of drug-likeness (QED) is 0.835. The Kier molecular flexibility index (Phi) is 4.22. The summed E-state index contributed by atoms with van der Waals surface area (Å²) in [5.41, 5.74) is 7.15. The van der Waals surface area contributed by atoms with Crippen molar-refractivity contribution in [3.05, 3.63) is 42.5 Å². The SMILES string of the molecule is Cl.NCc1ncc(-c2cccc(O)c2)cn1. The van der Waals surface area contributed by atoms with E-state index in [1.807, 2.05) is 6.07 Å². The summed E-state index contributed by atoms with van der Waals surface area (Å²) in [5.74, 6) is 0.842. The zero-order valence-corrected chi connectivity index (χ0v) is 9.31. The first-order valence-corrected chi connectivity index (χ1v) is 4.60. The summed E-state index contributed by atoms with van der Waals surface area (Å²) in [7, 11) is 0. The molecule has 0 aliphatic carbocycles. The molecule has 2 aromatic rings. The van der Waals surface area contributed by atoms with Gasteiger partial charge in [-0.2, -0.15) is 0 Å². The summed E-state index contributed by atoms with van der Waals surface area (Å²) in [6.45, 7) is 0.334. The molecule has 0 unspecified atom stereocenters. The molecular formula is C11H12ClN3O. The van der Waals surface area contributed by atoms with Gasteiger partial charge in [0.15, 0.2) is 0 Å². The van der Waals surface area contributed by atoms with Crippen molar-refractivity contribution in [3.8, 4) is 16.9 Å². The van der Waals surface area contributed by atoms with Gasteiger partial charge in [-0.25, -0.2) is 9.97 Å². The molecule has 0 amide bonds. The van der Waals surface area contributed by atoms with E-state index in [1.165, 1.54) is 0 Å². The van der Waals surface area contributed by atoms with E-state index < -0.39 is 0 Å². The fraction of sp³-hybridized carbons (Fsp3) is 0.0909. The van der Waals surface area contributed by atoms with Crippen LogP contribution in [-0.2, 0) is 6.54 Å². The lowest BCUT2D eigenvalue weighted by Crippen LogP contribution is -2.01. The molecule has 84 valence electrons. The molecular weight excluding hydrogens is 226 g/mol. The monoisotopic (exact) mass is 237 g/mol. The standard InChI is InChI=1S/C11H11N3O.ClH/c12-5-11-13-6-9(7-14-11)8-2-1-3-10(15)4-8;/h1-4,6-7,15H,5,12H2;1H. The van der Waals surface area contributed by atoms with Crippen molar-refractivity contribution in [3.63, 3.8) is 0 Å². The maximum atomic E-state index is 9.31. The first-order valence-electron chi connectivity index (χ1n) is 4.60. The van der Waals surface area contributed by atoms with Gasteiger partial charge in [0.05, 0.1) is 6.54 Å². The summed E-state index contributed by atoms with van der Waals surface area (Å²) in [6, 6.07) is 6.96. The number of phenolic OH excluding ortho intramolecular Hbond substituents is 1. The van der Waals surface area contributed by atoms with Gasteiger partial charge in [0.25, 0.3) is 0 Å². The van der Waals surface area contributed by atoms with E-state index in [-0.39, 0.29) is 18.2 Å². The Balaban J connectivity index is 0.00000128. The summed E-state index contributed by atoms with van der Waals surface area (Å²) in [6.07, 6.45) is 3.40. The Bertz CT molecular complexity index is 459. The number of rotatable bonds is 2. The third-order valence-corrected chi connectivity index (χ3v) is 2.07. The van der Waals surface area contributed by atoms with Gasteiger partial charge in [0, 0.05) is 18.0 Å². The summed E-state index contributed by atoms with van der Waals surface area (Å²) < 4.78 is 0. The number of hydrogen-bond acceptors (Lipinski definition) is 4. The number of aromatic hydroxyl groups is 1. The van der Waals surface area contributed by atoms with E-state index in [1.54, 1.807) is 30.6 Å². The third kappa shape index (κ3) is 2.68. The van der Waals surface area contributed by atoms with Crippen LogP contribution in [0.5, 0.6) is 5.75 Å². The predicted molar refractivity (Wildman–Crippen MR) is 64.3 cm³/mol. The number of phenols is 1. The predicted octanol–water partition coefficient (Wildman–Crippen LogP) is 1.73. The van der Waals surface area contributed by atoms with Gasteiger partial charge in [-0.1, -0.05) is 12.1 Å². The second-order valence-corrected chi connectivity index (χ2v) is 3.14. The fourth-order valence-electron chi connectivity index (χ4n) is 1.29. The molecule has 0 spiro atoms. The topological polar surface area (TPSA) is 72.0 Å². The number of nitrogens with two attached hydrogens (primary N) is 1. The Morgan fingerprint density at radius 1 is 1.12 bits per heavy atom. The number of aromatic nitrogens is 2. The normalized spacial score (nSPS) is 9.56. The van der Waals surface area contributed by atoms with E-state index in [4.69, 9.17) is 5.73 Å². The minimum absolute atomic E-state index is 0. The Hall–Kier alpha value is -1.65. The number of benzene rings is 1. The van der Waals surface area contributed by atoms with Crippen LogP contribution in [0.4, 0.5) is 0 Å². The van der Waals surface area contributed by atoms with Gasteiger partial charge < -0.3 is 10.8 Å². The van der Waals surface area contributed by atoms with Gasteiger partial charge in [-0.15, -0.1) is 12.4 Å². The average molecular weight is 238 g/mol. The fourth-order valence-corrected chi connectivity index (χ4v) is 1.29. The largest absolute Gasteiger partial charge is 0.508 e. The van der Waals surface area contributed by atoms with Crippen molar-refractivity contribution in [2.45, 2.75) is 6.54 Å². The van der Waals surface area contributed by atoms with Crippen LogP contribution in [0.15, 0.2) is 36.7 Å². The molecule has 0 bridgehead atoms. The first-order chi connectivity index (χ1) is 7.29. The molecule has 1 heterocycles. The summed E-state index contributed by atoms with van der Waals surface area (Å²) in [4.78, 5) is 8.17. The van der Waals surface area contributed by atoms with E-state index in [9.17, 15) is 5.11 Å². The second kappa shape index (κ2) is 5.44. The molecule has 5 heteroatoms. The molecule has 16 heavy (non-hydrogen) atoms. The first kappa shape index (κ1) is 12.4. The average Bonchev–Trinajstić information content (AvgIpc) is 2.29. The van der Waals surface area contributed by atoms with Crippen LogP contribution < -0.4 is 5.73 Å². The molecule has 0 fully saturated rings. The highest BCUT2D eigenvalue weighted by atomic mass is 35.5. The molecule has 1 aromatic heterocycles. The molecule has 1 aromatic carbocycles. The maximum absolute atomic E-state index is 9.31. The van der Waals surface area contributed by atoms with Crippen LogP contribution in [-0.4, -0.2) is 15.1 Å². The molecule has 3 N–H and O–H groups in total. The highest BCUT2D eigenvalue weighted by molar-refractivity contribution is 5.85. The lowest BCUT2D eigenvalue weighted by molar-refractivity contribution is 0.475. The smallest absolute Gasteiger partial charge is 0.141 e. The van der Waals surface area contributed by atoms with Crippen molar-refractivity contribution >= 4 is 12.4 Å². The Morgan fingerprint density at radius 2 is 1.81 bits per heavy atom. The molecule has 2 rings (SSSR count). The van der Waals surface area contributed by atoms with Crippen LogP contribution in [0.2, 0.25) is 0 Å². The number of hydrogen-bond donors (Lipinski definition) is 2. The lowest BCUT2D eigenvalue weighted by atomic mass is 10.1. The van der Waals surface area contributed by atoms with E-state index in [2.05, 4.69) is 9.97 Å². The van der Waals surface area contributed by atoms with Crippen molar-refractivity contribution in [2.24, 2.45) is 5.73 Å². The highest BCUT2D eigenvalue weighted by Gasteiger charge is 2.00. The summed E-state index contributed by atoms with van der Waals surface area (Å²) in [5, 5.41) is 9.31. The zero-order valence-electron chi connectivity index (χ0n) is 8.50. The molecule has 4 nitrogen and oxygen atoms in total. The second-order valence-electron chi connectivity index (χ2n) is 3.14. The van der Waals surface area contributed by atoms with Crippen LogP contribution in [0.1, 0.15) is 5.82 Å². The Labute approximate surface area is 99.6 Å². The minimum Gasteiger partial charge on any atom is -0.508 e. The highest BCUT2D eigenvalue weighted by Crippen LogP contribution is 2.21. The third-order valence-electron chi connectivity index (χ3n) is 2.07. The molecule has 0 radical (unpaired) electrons. The lowest BCUT2D eigenvalue weighted by Gasteiger charge is -2.02.